The van der Waals surface area contributed by atoms with Crippen LogP contribution in [0.4, 0.5) is 0 Å². The molecule has 3 unspecified atom stereocenters. The summed E-state index contributed by atoms with van der Waals surface area (Å²) in [5.41, 5.74) is 3.16. The summed E-state index contributed by atoms with van der Waals surface area (Å²) in [7, 11) is 0. The van der Waals surface area contributed by atoms with Gasteiger partial charge < -0.3 is 5.32 Å². The first-order valence-corrected chi connectivity index (χ1v) is 7.06. The molecule has 0 saturated carbocycles. The number of fused-ring (bicyclic) bond motifs is 1. The molecule has 0 amide bonds. The molecule has 1 aromatic carbocycles. The Morgan fingerprint density at radius 2 is 1.94 bits per heavy atom. The number of benzene rings is 1. The molecule has 0 heterocycles. The first-order chi connectivity index (χ1) is 8.24. The molecule has 0 aromatic heterocycles. The minimum absolute atomic E-state index is 0.601. The number of rotatable bonds is 4. The molecule has 94 valence electrons. The van der Waals surface area contributed by atoms with Crippen molar-refractivity contribution in [2.45, 2.75) is 57.9 Å². The van der Waals surface area contributed by atoms with Crippen LogP contribution in [0.1, 0.15) is 63.0 Å². The Morgan fingerprint density at radius 1 is 1.24 bits per heavy atom. The molecule has 3 atom stereocenters. The summed E-state index contributed by atoms with van der Waals surface area (Å²) in [4.78, 5) is 0. The van der Waals surface area contributed by atoms with E-state index in [1.54, 1.807) is 11.1 Å². The normalized spacial score (nSPS) is 25.4. The molecule has 1 nitrogen and oxygen atoms in total. The Hall–Kier alpha value is -0.820. The molecule has 17 heavy (non-hydrogen) atoms. The van der Waals surface area contributed by atoms with Gasteiger partial charge in [0.25, 0.3) is 0 Å². The maximum Gasteiger partial charge on any atom is 0.0108 e. The highest BCUT2D eigenvalue weighted by atomic mass is 14.9. The third kappa shape index (κ3) is 2.71. The van der Waals surface area contributed by atoms with E-state index < -0.39 is 0 Å². The van der Waals surface area contributed by atoms with Crippen molar-refractivity contribution < 1.29 is 0 Å². The first-order valence-electron chi connectivity index (χ1n) is 7.06. The van der Waals surface area contributed by atoms with Gasteiger partial charge in [-0.25, -0.2) is 0 Å². The number of nitrogens with one attached hydrogen (secondary N) is 1. The lowest BCUT2D eigenvalue weighted by molar-refractivity contribution is 0.397. The van der Waals surface area contributed by atoms with Crippen LogP contribution >= 0.6 is 0 Å². The lowest BCUT2D eigenvalue weighted by Gasteiger charge is -2.34. The summed E-state index contributed by atoms with van der Waals surface area (Å²) >= 11 is 0. The topological polar surface area (TPSA) is 12.0 Å². The first kappa shape index (κ1) is 12.6. The van der Waals surface area contributed by atoms with E-state index in [1.165, 1.54) is 19.3 Å². The fraction of sp³-hybridized carbons (Fsp3) is 0.625. The van der Waals surface area contributed by atoms with Crippen molar-refractivity contribution in [3.8, 4) is 0 Å². The van der Waals surface area contributed by atoms with E-state index in [9.17, 15) is 0 Å². The maximum atomic E-state index is 3.66. The van der Waals surface area contributed by atoms with Crippen LogP contribution in [-0.2, 0) is 0 Å². The van der Waals surface area contributed by atoms with Crippen molar-refractivity contribution in [1.29, 1.82) is 0 Å². The highest BCUT2D eigenvalue weighted by molar-refractivity contribution is 5.36. The van der Waals surface area contributed by atoms with E-state index in [4.69, 9.17) is 0 Å². The Morgan fingerprint density at radius 3 is 2.65 bits per heavy atom. The fourth-order valence-corrected chi connectivity index (χ4v) is 3.07. The molecule has 1 aromatic rings. The van der Waals surface area contributed by atoms with E-state index >= 15 is 0 Å². The quantitative estimate of drug-likeness (QED) is 0.824. The van der Waals surface area contributed by atoms with E-state index in [2.05, 4.69) is 50.4 Å². The van der Waals surface area contributed by atoms with Crippen molar-refractivity contribution in [2.24, 2.45) is 0 Å². The van der Waals surface area contributed by atoms with Crippen molar-refractivity contribution in [1.82, 2.24) is 5.32 Å². The van der Waals surface area contributed by atoms with Crippen molar-refractivity contribution in [3.05, 3.63) is 35.4 Å². The second-order valence-corrected chi connectivity index (χ2v) is 5.46. The Kier molecular flexibility index (Phi) is 4.22. The standard InChI is InChI=1S/C16H25N/c1-4-11-17-13(3)15-10-9-12(2)14-7-5-6-8-16(14)15/h5-8,12-13,15,17H,4,9-11H2,1-3H3. The van der Waals surface area contributed by atoms with Gasteiger partial charge in [0, 0.05) is 6.04 Å². The van der Waals surface area contributed by atoms with Gasteiger partial charge in [-0.05, 0) is 55.7 Å². The number of hydrogen-bond acceptors (Lipinski definition) is 1. The van der Waals surface area contributed by atoms with Crippen LogP contribution < -0.4 is 5.32 Å². The van der Waals surface area contributed by atoms with Crippen molar-refractivity contribution in [3.63, 3.8) is 0 Å². The Labute approximate surface area is 106 Å². The lowest BCUT2D eigenvalue weighted by atomic mass is 9.75. The van der Waals surface area contributed by atoms with Crippen LogP contribution in [0.15, 0.2) is 24.3 Å². The monoisotopic (exact) mass is 231 g/mol. The molecule has 0 fully saturated rings. The SMILES string of the molecule is CCCNC(C)C1CCC(C)c2ccccc21. The Bertz CT molecular complexity index is 358. The third-order valence-corrected chi connectivity index (χ3v) is 4.16. The van der Waals surface area contributed by atoms with Gasteiger partial charge in [0.2, 0.25) is 0 Å². The van der Waals surface area contributed by atoms with Gasteiger partial charge >= 0.3 is 0 Å². The highest BCUT2D eigenvalue weighted by Crippen LogP contribution is 2.39. The molecule has 0 saturated heterocycles. The van der Waals surface area contributed by atoms with Gasteiger partial charge in [0.1, 0.15) is 0 Å². The van der Waals surface area contributed by atoms with Crippen LogP contribution in [0.3, 0.4) is 0 Å². The van der Waals surface area contributed by atoms with E-state index in [-0.39, 0.29) is 0 Å². The summed E-state index contributed by atoms with van der Waals surface area (Å²) in [5.74, 6) is 1.44. The van der Waals surface area contributed by atoms with Gasteiger partial charge in [-0.2, -0.15) is 0 Å². The average molecular weight is 231 g/mol. The predicted octanol–water partition coefficient (Wildman–Crippen LogP) is 4.06. The van der Waals surface area contributed by atoms with Crippen molar-refractivity contribution in [2.75, 3.05) is 6.54 Å². The second-order valence-electron chi connectivity index (χ2n) is 5.46. The summed E-state index contributed by atoms with van der Waals surface area (Å²) < 4.78 is 0. The largest absolute Gasteiger partial charge is 0.314 e. The van der Waals surface area contributed by atoms with Crippen molar-refractivity contribution >= 4 is 0 Å². The summed E-state index contributed by atoms with van der Waals surface area (Å²) in [6, 6.07) is 9.63. The zero-order valence-corrected chi connectivity index (χ0v) is 11.4. The van der Waals surface area contributed by atoms with Gasteiger partial charge in [0.05, 0.1) is 0 Å². The van der Waals surface area contributed by atoms with Gasteiger partial charge in [-0.15, -0.1) is 0 Å². The van der Waals surface area contributed by atoms with Crippen LogP contribution in [0.2, 0.25) is 0 Å². The van der Waals surface area contributed by atoms with E-state index in [0.717, 1.165) is 12.5 Å². The molecule has 0 spiro atoms. The maximum absolute atomic E-state index is 3.66. The van der Waals surface area contributed by atoms with E-state index in [0.29, 0.717) is 12.0 Å². The Balaban J connectivity index is 2.18. The van der Waals surface area contributed by atoms with Crippen LogP contribution in [0, 0.1) is 0 Å². The summed E-state index contributed by atoms with van der Waals surface area (Å²) in [5, 5.41) is 3.66. The smallest absolute Gasteiger partial charge is 0.0108 e. The molecular formula is C16H25N. The molecule has 1 aliphatic carbocycles. The second kappa shape index (κ2) is 5.68. The minimum atomic E-state index is 0.601. The van der Waals surface area contributed by atoms with E-state index in [1.807, 2.05) is 0 Å². The van der Waals surface area contributed by atoms with Crippen LogP contribution in [-0.4, -0.2) is 12.6 Å². The van der Waals surface area contributed by atoms with Crippen LogP contribution in [0.25, 0.3) is 0 Å². The zero-order valence-electron chi connectivity index (χ0n) is 11.4. The van der Waals surface area contributed by atoms with Gasteiger partial charge in [0.15, 0.2) is 0 Å². The third-order valence-electron chi connectivity index (χ3n) is 4.16. The van der Waals surface area contributed by atoms with Gasteiger partial charge in [-0.3, -0.25) is 0 Å². The fourth-order valence-electron chi connectivity index (χ4n) is 3.07. The highest BCUT2D eigenvalue weighted by Gasteiger charge is 2.27. The van der Waals surface area contributed by atoms with Gasteiger partial charge in [-0.1, -0.05) is 38.1 Å². The molecule has 1 aliphatic rings. The summed E-state index contributed by atoms with van der Waals surface area (Å²) in [6.07, 6.45) is 3.88. The zero-order chi connectivity index (χ0) is 12.3. The number of hydrogen-bond donors (Lipinski definition) is 1. The minimum Gasteiger partial charge on any atom is -0.314 e. The molecule has 0 bridgehead atoms. The molecule has 0 radical (unpaired) electrons. The lowest BCUT2D eigenvalue weighted by Crippen LogP contribution is -2.34. The molecular weight excluding hydrogens is 206 g/mol. The summed E-state index contributed by atoms with van der Waals surface area (Å²) in [6.45, 7) is 8.07. The average Bonchev–Trinajstić information content (AvgIpc) is 2.37. The van der Waals surface area contributed by atoms with Crippen LogP contribution in [0.5, 0.6) is 0 Å². The molecule has 1 N–H and O–H groups in total. The molecule has 0 aliphatic heterocycles. The molecule has 1 heteroatoms. The molecule has 2 rings (SSSR count). The predicted molar refractivity (Wildman–Crippen MR) is 74.6 cm³/mol.